The first-order valence-electron chi connectivity index (χ1n) is 20.2. The van der Waals surface area contributed by atoms with Gasteiger partial charge in [-0.2, -0.15) is 0 Å². The van der Waals surface area contributed by atoms with Crippen LogP contribution in [0.4, 0.5) is 17.1 Å². The Bertz CT molecular complexity index is 3520. The number of rotatable bonds is 6. The number of hydrogen-bond donors (Lipinski definition) is 0. The van der Waals surface area contributed by atoms with Gasteiger partial charge in [0.15, 0.2) is 0 Å². The highest BCUT2D eigenvalue weighted by Crippen LogP contribution is 2.46. The van der Waals surface area contributed by atoms with Crippen molar-refractivity contribution in [3.63, 3.8) is 0 Å². The van der Waals surface area contributed by atoms with Crippen LogP contribution < -0.4 is 4.90 Å². The van der Waals surface area contributed by atoms with Gasteiger partial charge < -0.3 is 13.9 Å². The van der Waals surface area contributed by atoms with Crippen molar-refractivity contribution >= 4 is 82.4 Å². The maximum Gasteiger partial charge on any atom is 0.143 e. The van der Waals surface area contributed by atoms with Gasteiger partial charge in [-0.15, -0.1) is 0 Å². The predicted octanol–water partition coefficient (Wildman–Crippen LogP) is 15.8. The van der Waals surface area contributed by atoms with Gasteiger partial charge in [-0.05, 0) is 99.6 Å². The topological polar surface area (TPSA) is 21.3 Å². The highest BCUT2D eigenvalue weighted by Gasteiger charge is 2.22. The van der Waals surface area contributed by atoms with Crippen LogP contribution in [-0.2, 0) is 0 Å². The van der Waals surface area contributed by atoms with Gasteiger partial charge in [0.25, 0.3) is 0 Å². The smallest absolute Gasteiger partial charge is 0.143 e. The van der Waals surface area contributed by atoms with Crippen molar-refractivity contribution in [1.82, 2.24) is 4.57 Å². The lowest BCUT2D eigenvalue weighted by Gasteiger charge is -2.27. The first kappa shape index (κ1) is 33.3. The molecule has 276 valence electrons. The third-order valence-electron chi connectivity index (χ3n) is 12.0. The molecule has 0 bridgehead atoms. The van der Waals surface area contributed by atoms with Crippen molar-refractivity contribution in [2.75, 3.05) is 4.90 Å². The Labute approximate surface area is 341 Å². The summed E-state index contributed by atoms with van der Waals surface area (Å²) in [6, 6.07) is 78.7. The lowest BCUT2D eigenvalue weighted by atomic mass is 9.99. The van der Waals surface area contributed by atoms with Crippen LogP contribution >= 0.6 is 0 Å². The van der Waals surface area contributed by atoms with Gasteiger partial charge in [0.05, 0.1) is 27.8 Å². The van der Waals surface area contributed by atoms with Gasteiger partial charge in [-0.25, -0.2) is 0 Å². The first-order valence-corrected chi connectivity index (χ1v) is 20.2. The Hall–Kier alpha value is -7.88. The fourth-order valence-corrected chi connectivity index (χ4v) is 9.23. The maximum absolute atomic E-state index is 6.72. The molecule has 0 spiro atoms. The largest absolute Gasteiger partial charge is 0.455 e. The molecular formula is C56H36N2O. The van der Waals surface area contributed by atoms with Crippen molar-refractivity contribution in [1.29, 1.82) is 0 Å². The molecule has 10 aromatic carbocycles. The predicted molar refractivity (Wildman–Crippen MR) is 249 cm³/mol. The van der Waals surface area contributed by atoms with E-state index in [1.165, 1.54) is 43.7 Å². The molecule has 3 nitrogen and oxygen atoms in total. The second-order valence-electron chi connectivity index (χ2n) is 15.3. The van der Waals surface area contributed by atoms with E-state index in [0.29, 0.717) is 0 Å². The Morgan fingerprint density at radius 1 is 0.373 bits per heavy atom. The average Bonchev–Trinajstić information content (AvgIpc) is 3.86. The van der Waals surface area contributed by atoms with Gasteiger partial charge >= 0.3 is 0 Å². The standard InChI is InChI=1S/C56H36N2O/c1-2-15-40-35-42(28-27-37(40)13-1)41-16-11-17-44(36-41)57(53-25-12-26-54-55(53)49-34-31-38-14-3-4-19-46(38)56(49)59-54)43-32-29-39(30-33-43)45-18-5-8-22-50(45)58-51-23-9-6-20-47(51)48-21-7-10-24-52(48)58/h1-36H. The van der Waals surface area contributed by atoms with Crippen LogP contribution in [0.25, 0.3) is 93.2 Å². The molecule has 0 saturated heterocycles. The second kappa shape index (κ2) is 13.4. The zero-order chi connectivity index (χ0) is 38.9. The number of nitrogens with zero attached hydrogens (tertiary/aromatic N) is 2. The number of fused-ring (bicyclic) bond motifs is 9. The van der Waals surface area contributed by atoms with Crippen molar-refractivity contribution in [2.45, 2.75) is 0 Å². The van der Waals surface area contributed by atoms with E-state index in [1.807, 2.05) is 0 Å². The van der Waals surface area contributed by atoms with Crippen molar-refractivity contribution in [3.8, 4) is 27.9 Å². The lowest BCUT2D eigenvalue weighted by Crippen LogP contribution is -2.10. The summed E-state index contributed by atoms with van der Waals surface area (Å²) in [5.74, 6) is 0. The molecule has 12 aromatic rings. The molecule has 0 radical (unpaired) electrons. The summed E-state index contributed by atoms with van der Waals surface area (Å²) in [7, 11) is 0. The van der Waals surface area contributed by atoms with Crippen molar-refractivity contribution < 1.29 is 4.42 Å². The Morgan fingerprint density at radius 2 is 1.00 bits per heavy atom. The molecule has 0 aliphatic rings. The maximum atomic E-state index is 6.72. The molecule has 0 unspecified atom stereocenters. The minimum Gasteiger partial charge on any atom is -0.455 e. The summed E-state index contributed by atoms with van der Waals surface area (Å²) < 4.78 is 9.13. The second-order valence-corrected chi connectivity index (χ2v) is 15.3. The summed E-state index contributed by atoms with van der Waals surface area (Å²) >= 11 is 0. The number of benzene rings is 10. The van der Waals surface area contributed by atoms with Gasteiger partial charge in [0, 0.05) is 38.5 Å². The molecule has 0 fully saturated rings. The number of para-hydroxylation sites is 3. The highest BCUT2D eigenvalue weighted by atomic mass is 16.3. The quantitative estimate of drug-likeness (QED) is 0.169. The number of hydrogen-bond acceptors (Lipinski definition) is 2. The summed E-state index contributed by atoms with van der Waals surface area (Å²) in [6.45, 7) is 0. The van der Waals surface area contributed by atoms with E-state index >= 15 is 0 Å². The van der Waals surface area contributed by atoms with Crippen molar-refractivity contribution in [3.05, 3.63) is 218 Å². The highest BCUT2D eigenvalue weighted by molar-refractivity contribution is 6.19. The van der Waals surface area contributed by atoms with Crippen LogP contribution in [0, 0.1) is 0 Å². The number of anilines is 3. The number of furan rings is 1. The fraction of sp³-hybridized carbons (Fsp3) is 0. The van der Waals surface area contributed by atoms with E-state index in [1.54, 1.807) is 0 Å². The summed E-state index contributed by atoms with van der Waals surface area (Å²) in [5, 5.41) is 9.44. The van der Waals surface area contributed by atoms with E-state index in [0.717, 1.165) is 66.6 Å². The molecule has 12 rings (SSSR count). The van der Waals surface area contributed by atoms with E-state index in [4.69, 9.17) is 4.42 Å². The van der Waals surface area contributed by atoms with E-state index in [9.17, 15) is 0 Å². The van der Waals surface area contributed by atoms with Gasteiger partial charge in [0.2, 0.25) is 0 Å². The molecule has 0 saturated carbocycles. The lowest BCUT2D eigenvalue weighted by molar-refractivity contribution is 0.672. The molecule has 2 aromatic heterocycles. The normalized spacial score (nSPS) is 11.7. The summed E-state index contributed by atoms with van der Waals surface area (Å²) in [5.41, 5.74) is 13.2. The molecule has 0 atom stereocenters. The minimum atomic E-state index is 0.862. The molecule has 0 aliphatic carbocycles. The molecular weight excluding hydrogens is 717 g/mol. The zero-order valence-electron chi connectivity index (χ0n) is 32.1. The molecule has 3 heteroatoms. The Kier molecular flexibility index (Phi) is 7.54. The monoisotopic (exact) mass is 752 g/mol. The van der Waals surface area contributed by atoms with Crippen LogP contribution in [-0.4, -0.2) is 4.57 Å². The summed E-state index contributed by atoms with van der Waals surface area (Å²) in [4.78, 5) is 2.39. The molecule has 0 aliphatic heterocycles. The van der Waals surface area contributed by atoms with Crippen LogP contribution in [0.1, 0.15) is 0 Å². The average molecular weight is 753 g/mol. The molecule has 0 N–H and O–H groups in total. The SMILES string of the molecule is c1cc(-c2ccc3ccccc3c2)cc(N(c2ccc(-c3ccccc3-n3c4ccccc4c4ccccc43)cc2)c2cccc3oc4c5ccccc5ccc4c23)c1. The molecule has 2 heterocycles. The van der Waals surface area contributed by atoms with E-state index in [-0.39, 0.29) is 0 Å². The molecule has 59 heavy (non-hydrogen) atoms. The van der Waals surface area contributed by atoms with Crippen LogP contribution in [0.3, 0.4) is 0 Å². The van der Waals surface area contributed by atoms with Crippen LogP contribution in [0.15, 0.2) is 223 Å². The summed E-state index contributed by atoms with van der Waals surface area (Å²) in [6.07, 6.45) is 0. The van der Waals surface area contributed by atoms with Gasteiger partial charge in [-0.3, -0.25) is 0 Å². The fourth-order valence-electron chi connectivity index (χ4n) is 9.23. The van der Waals surface area contributed by atoms with Gasteiger partial charge in [-0.1, -0.05) is 152 Å². The Morgan fingerprint density at radius 3 is 1.81 bits per heavy atom. The number of aromatic nitrogens is 1. The van der Waals surface area contributed by atoms with Crippen LogP contribution in [0.5, 0.6) is 0 Å². The third-order valence-corrected chi connectivity index (χ3v) is 12.0. The van der Waals surface area contributed by atoms with Crippen LogP contribution in [0.2, 0.25) is 0 Å². The molecule has 0 amide bonds. The minimum absolute atomic E-state index is 0.862. The van der Waals surface area contributed by atoms with Gasteiger partial charge in [0.1, 0.15) is 11.2 Å². The van der Waals surface area contributed by atoms with Crippen molar-refractivity contribution in [2.24, 2.45) is 0 Å². The van der Waals surface area contributed by atoms with E-state index in [2.05, 4.69) is 228 Å². The van der Waals surface area contributed by atoms with E-state index < -0.39 is 0 Å². The Balaban J connectivity index is 1.04. The zero-order valence-corrected chi connectivity index (χ0v) is 32.1. The first-order chi connectivity index (χ1) is 29.3. The third kappa shape index (κ3) is 5.36.